The highest BCUT2D eigenvalue weighted by Gasteiger charge is 2.29. The van der Waals surface area contributed by atoms with Crippen LogP contribution in [-0.4, -0.2) is 71.2 Å². The molecule has 11 heteroatoms. The predicted molar refractivity (Wildman–Crippen MR) is 107 cm³/mol. The molecule has 9 N–H and O–H groups in total. The maximum absolute atomic E-state index is 12.4. The largest absolute Gasteiger partial charge is 0.480 e. The van der Waals surface area contributed by atoms with E-state index in [0.29, 0.717) is 25.8 Å². The van der Waals surface area contributed by atoms with Gasteiger partial charge in [0, 0.05) is 0 Å². The quantitative estimate of drug-likeness (QED) is 0.158. The van der Waals surface area contributed by atoms with Crippen molar-refractivity contribution >= 4 is 23.7 Å². The first-order chi connectivity index (χ1) is 13.5. The maximum Gasteiger partial charge on any atom is 0.328 e. The van der Waals surface area contributed by atoms with Crippen molar-refractivity contribution in [1.29, 1.82) is 0 Å². The smallest absolute Gasteiger partial charge is 0.328 e. The molecule has 5 unspecified atom stereocenters. The SMILES string of the molecule is CCC(C)C(N)C(=O)NCC(=O)NC(CCCCN)C(=O)NC(C(=O)O)C(C)O. The minimum absolute atomic E-state index is 0.0544. The summed E-state index contributed by atoms with van der Waals surface area (Å²) in [6.45, 7) is 4.98. The van der Waals surface area contributed by atoms with Gasteiger partial charge in [0.2, 0.25) is 17.7 Å². The van der Waals surface area contributed by atoms with Crippen molar-refractivity contribution in [2.45, 2.75) is 70.7 Å². The molecule has 0 spiro atoms. The molecule has 0 aromatic carbocycles. The first-order valence-electron chi connectivity index (χ1n) is 9.79. The van der Waals surface area contributed by atoms with Gasteiger partial charge in [-0.3, -0.25) is 14.4 Å². The number of nitrogens with two attached hydrogens (primary N) is 2. The van der Waals surface area contributed by atoms with Crippen LogP contribution in [0.2, 0.25) is 0 Å². The summed E-state index contributed by atoms with van der Waals surface area (Å²) < 4.78 is 0. The lowest BCUT2D eigenvalue weighted by atomic mass is 9.99. The molecule has 0 rings (SSSR count). The fourth-order valence-corrected chi connectivity index (χ4v) is 2.45. The molecule has 0 saturated heterocycles. The molecule has 11 nitrogen and oxygen atoms in total. The number of aliphatic hydroxyl groups excluding tert-OH is 1. The third-order valence-corrected chi connectivity index (χ3v) is 4.63. The number of hydrogen-bond acceptors (Lipinski definition) is 7. The number of hydrogen-bond donors (Lipinski definition) is 7. The molecule has 0 heterocycles. The van der Waals surface area contributed by atoms with E-state index in [-0.39, 0.29) is 18.9 Å². The topological polar surface area (TPSA) is 197 Å². The Bertz CT molecular complexity index is 557. The molecule has 168 valence electrons. The third-order valence-electron chi connectivity index (χ3n) is 4.63. The van der Waals surface area contributed by atoms with Gasteiger partial charge in [-0.25, -0.2) is 4.79 Å². The second kappa shape index (κ2) is 13.9. The van der Waals surface area contributed by atoms with Gasteiger partial charge in [0.1, 0.15) is 6.04 Å². The van der Waals surface area contributed by atoms with Gasteiger partial charge in [-0.15, -0.1) is 0 Å². The van der Waals surface area contributed by atoms with E-state index >= 15 is 0 Å². The normalized spacial score (nSPS) is 16.1. The van der Waals surface area contributed by atoms with E-state index < -0.39 is 47.9 Å². The van der Waals surface area contributed by atoms with E-state index in [1.807, 2.05) is 13.8 Å². The molecule has 0 aliphatic heterocycles. The van der Waals surface area contributed by atoms with Gasteiger partial charge < -0.3 is 37.6 Å². The molecule has 29 heavy (non-hydrogen) atoms. The Morgan fingerprint density at radius 3 is 2.14 bits per heavy atom. The van der Waals surface area contributed by atoms with Gasteiger partial charge in [0.05, 0.1) is 18.7 Å². The molecule has 3 amide bonds. The van der Waals surface area contributed by atoms with Crippen LogP contribution in [0.1, 0.15) is 46.5 Å². The van der Waals surface area contributed by atoms with E-state index in [1.165, 1.54) is 6.92 Å². The molecular formula is C18H35N5O6. The van der Waals surface area contributed by atoms with E-state index in [1.54, 1.807) is 0 Å². The van der Waals surface area contributed by atoms with Crippen LogP contribution in [0.4, 0.5) is 0 Å². The molecule has 0 aliphatic carbocycles. The van der Waals surface area contributed by atoms with Crippen molar-refractivity contribution in [1.82, 2.24) is 16.0 Å². The van der Waals surface area contributed by atoms with Crippen molar-refractivity contribution in [2.75, 3.05) is 13.1 Å². The summed E-state index contributed by atoms with van der Waals surface area (Å²) >= 11 is 0. The van der Waals surface area contributed by atoms with Gasteiger partial charge >= 0.3 is 5.97 Å². The number of carboxylic acids is 1. The van der Waals surface area contributed by atoms with Crippen LogP contribution in [0.3, 0.4) is 0 Å². The zero-order valence-electron chi connectivity index (χ0n) is 17.3. The molecule has 0 aromatic rings. The predicted octanol–water partition coefficient (Wildman–Crippen LogP) is -1.96. The van der Waals surface area contributed by atoms with E-state index in [4.69, 9.17) is 16.6 Å². The molecule has 0 aromatic heterocycles. The minimum atomic E-state index is -1.51. The summed E-state index contributed by atoms with van der Waals surface area (Å²) in [5.41, 5.74) is 11.2. The number of amides is 3. The number of unbranched alkanes of at least 4 members (excludes halogenated alkanes) is 1. The van der Waals surface area contributed by atoms with E-state index in [0.717, 1.165) is 0 Å². The number of aliphatic carboxylic acids is 1. The van der Waals surface area contributed by atoms with Gasteiger partial charge in [0.25, 0.3) is 0 Å². The Morgan fingerprint density at radius 1 is 1.03 bits per heavy atom. The molecule has 0 bridgehead atoms. The van der Waals surface area contributed by atoms with Gasteiger partial charge in [0.15, 0.2) is 6.04 Å². The van der Waals surface area contributed by atoms with Gasteiger partial charge in [-0.2, -0.15) is 0 Å². The second-order valence-electron chi connectivity index (χ2n) is 7.10. The zero-order valence-corrected chi connectivity index (χ0v) is 17.3. The fraction of sp³-hybridized carbons (Fsp3) is 0.778. The van der Waals surface area contributed by atoms with Crippen LogP contribution in [0.15, 0.2) is 0 Å². The molecule has 5 atom stereocenters. The summed E-state index contributed by atoms with van der Waals surface area (Å²) in [6, 6.07) is -3.29. The summed E-state index contributed by atoms with van der Waals surface area (Å²) in [5, 5.41) is 25.7. The molecule has 0 radical (unpaired) electrons. The highest BCUT2D eigenvalue weighted by Crippen LogP contribution is 2.05. The van der Waals surface area contributed by atoms with Gasteiger partial charge in [-0.1, -0.05) is 20.3 Å². The Labute approximate surface area is 171 Å². The molecule has 0 saturated carbocycles. The number of nitrogens with one attached hydrogen (secondary N) is 3. The highest BCUT2D eigenvalue weighted by atomic mass is 16.4. The van der Waals surface area contributed by atoms with Crippen molar-refractivity contribution in [3.63, 3.8) is 0 Å². The highest BCUT2D eigenvalue weighted by molar-refractivity contribution is 5.92. The summed E-state index contributed by atoms with van der Waals surface area (Å²) in [5.74, 6) is -3.29. The first-order valence-corrected chi connectivity index (χ1v) is 9.79. The lowest BCUT2D eigenvalue weighted by Gasteiger charge is -2.23. The average Bonchev–Trinajstić information content (AvgIpc) is 2.67. The van der Waals surface area contributed by atoms with E-state index in [9.17, 15) is 24.3 Å². The Morgan fingerprint density at radius 2 is 1.66 bits per heavy atom. The van der Waals surface area contributed by atoms with Crippen molar-refractivity contribution in [2.24, 2.45) is 17.4 Å². The van der Waals surface area contributed by atoms with Crippen LogP contribution < -0.4 is 27.4 Å². The summed E-state index contributed by atoms with van der Waals surface area (Å²) in [7, 11) is 0. The van der Waals surface area contributed by atoms with Crippen LogP contribution in [-0.2, 0) is 19.2 Å². The fourth-order valence-electron chi connectivity index (χ4n) is 2.45. The Balaban J connectivity index is 4.91. The van der Waals surface area contributed by atoms with Crippen molar-refractivity contribution < 1.29 is 29.4 Å². The van der Waals surface area contributed by atoms with Crippen LogP contribution in [0, 0.1) is 5.92 Å². The number of rotatable bonds is 14. The van der Waals surface area contributed by atoms with Crippen molar-refractivity contribution in [3.8, 4) is 0 Å². The molecule has 0 aliphatic rings. The lowest BCUT2D eigenvalue weighted by molar-refractivity contribution is -0.145. The van der Waals surface area contributed by atoms with Crippen LogP contribution in [0.25, 0.3) is 0 Å². The summed E-state index contributed by atoms with van der Waals surface area (Å²) in [6.07, 6.45) is 0.739. The summed E-state index contributed by atoms with van der Waals surface area (Å²) in [4.78, 5) is 47.7. The van der Waals surface area contributed by atoms with Crippen LogP contribution in [0.5, 0.6) is 0 Å². The number of carboxylic acid groups (broad SMARTS) is 1. The Hall–Kier alpha value is -2.24. The van der Waals surface area contributed by atoms with E-state index in [2.05, 4.69) is 16.0 Å². The third kappa shape index (κ3) is 10.2. The number of carbonyl (C=O) groups excluding carboxylic acids is 3. The number of aliphatic hydroxyl groups is 1. The van der Waals surface area contributed by atoms with Crippen LogP contribution >= 0.6 is 0 Å². The molecule has 0 fully saturated rings. The average molecular weight is 418 g/mol. The minimum Gasteiger partial charge on any atom is -0.480 e. The standard InChI is InChI=1S/C18H35N5O6/c1-4-10(2)14(20)17(27)21-9-13(25)22-12(7-5-6-8-19)16(26)23-15(11(3)24)18(28)29/h10-12,14-15,24H,4-9,19-20H2,1-3H3,(H,21,27)(H,22,25)(H,23,26)(H,28,29). The second-order valence-corrected chi connectivity index (χ2v) is 7.10. The maximum atomic E-state index is 12.4. The lowest BCUT2D eigenvalue weighted by Crippen LogP contribution is -2.56. The first kappa shape index (κ1) is 26.8. The Kier molecular flexibility index (Phi) is 12.8. The van der Waals surface area contributed by atoms with Crippen molar-refractivity contribution in [3.05, 3.63) is 0 Å². The monoisotopic (exact) mass is 417 g/mol. The zero-order chi connectivity index (χ0) is 22.6. The van der Waals surface area contributed by atoms with Gasteiger partial charge in [-0.05, 0) is 38.6 Å². The molecular weight excluding hydrogens is 382 g/mol. The number of carbonyl (C=O) groups is 4.